The Labute approximate surface area is 111 Å². The Kier molecular flexibility index (Phi) is 2.06. The van der Waals surface area contributed by atoms with Gasteiger partial charge in [-0.05, 0) is 12.1 Å². The van der Waals surface area contributed by atoms with Crippen molar-refractivity contribution in [2.45, 2.75) is 6.10 Å². The Morgan fingerprint density at radius 1 is 1.44 bits per heavy atom. The molecule has 0 bridgehead atoms. The van der Waals surface area contributed by atoms with E-state index in [-0.39, 0.29) is 19.7 Å². The molecule has 2 aliphatic rings. The molecule has 18 heavy (non-hydrogen) atoms. The summed E-state index contributed by atoms with van der Waals surface area (Å²) in [5.74, 6) is 0.334. The molecule has 0 aromatic heterocycles. The number of hydrogen-bond acceptors (Lipinski definition) is 4. The lowest BCUT2D eigenvalue weighted by molar-refractivity contribution is -0.141. The fourth-order valence-electron chi connectivity index (χ4n) is 1.87. The largest absolute Gasteiger partial charge is 0.485 e. The summed E-state index contributed by atoms with van der Waals surface area (Å²) >= 11 is 0. The van der Waals surface area contributed by atoms with Crippen LogP contribution in [-0.2, 0) is 4.79 Å². The van der Waals surface area contributed by atoms with Crippen LogP contribution in [-0.4, -0.2) is 49.6 Å². The highest BCUT2D eigenvalue weighted by Gasteiger charge is 2.31. The number of carbonyl (C=O) groups is 1. The highest BCUT2D eigenvalue weighted by atomic mass is 16.6. The molecule has 1 saturated heterocycles. The van der Waals surface area contributed by atoms with Crippen LogP contribution in [0.15, 0.2) is 24.3 Å². The summed E-state index contributed by atoms with van der Waals surface area (Å²) in [5, 5.41) is 2.44. The normalized spacial score (nSPS) is 31.6. The first kappa shape index (κ1) is 7.63. The van der Waals surface area contributed by atoms with Gasteiger partial charge in [0.15, 0.2) is 11.5 Å². The smallest absolute Gasteiger partial charge is 0.267 e. The lowest BCUT2D eigenvalue weighted by Gasteiger charge is -2.32. The van der Waals surface area contributed by atoms with E-state index in [1.807, 2.05) is 0 Å². The molecule has 0 aliphatic carbocycles. The van der Waals surface area contributed by atoms with Crippen LogP contribution in [0.5, 0.6) is 11.5 Å². The van der Waals surface area contributed by atoms with Crippen LogP contribution in [0.3, 0.4) is 0 Å². The topological polar surface area (TPSA) is 50.8 Å². The molecule has 1 N–H and O–H groups in total. The maximum atomic E-state index is 12.6. The summed E-state index contributed by atoms with van der Waals surface area (Å²) < 4.78 is 42.3. The number of hydrogen-bond donors (Lipinski definition) is 1. The summed E-state index contributed by atoms with van der Waals surface area (Å²) in [6.45, 7) is -4.59. The lowest BCUT2D eigenvalue weighted by Crippen LogP contribution is -2.52. The van der Waals surface area contributed by atoms with Gasteiger partial charge in [-0.25, -0.2) is 0 Å². The van der Waals surface area contributed by atoms with Crippen LogP contribution in [0.4, 0.5) is 0 Å². The first-order valence-corrected chi connectivity index (χ1v) is 5.78. The van der Waals surface area contributed by atoms with Gasteiger partial charge in [0.2, 0.25) is 6.10 Å². The van der Waals surface area contributed by atoms with Crippen molar-refractivity contribution in [3.8, 4) is 11.5 Å². The van der Waals surface area contributed by atoms with Crippen LogP contribution in [0, 0.1) is 0 Å². The minimum atomic E-state index is -2.47. The summed E-state index contributed by atoms with van der Waals surface area (Å²) in [4.78, 5) is 13.4. The highest BCUT2D eigenvalue weighted by molar-refractivity contribution is 5.82. The van der Waals surface area contributed by atoms with Crippen molar-refractivity contribution in [1.29, 1.82) is 0 Å². The van der Waals surface area contributed by atoms with Gasteiger partial charge in [-0.15, -0.1) is 0 Å². The number of fused-ring (bicyclic) bond motifs is 1. The molecular formula is C13H16N2O3. The van der Waals surface area contributed by atoms with Crippen LogP contribution in [0.2, 0.25) is 0 Å². The van der Waals surface area contributed by atoms with E-state index in [2.05, 4.69) is 5.32 Å². The van der Waals surface area contributed by atoms with E-state index in [0.717, 1.165) is 4.90 Å². The molecule has 2 aliphatic heterocycles. The Morgan fingerprint density at radius 3 is 3.17 bits per heavy atom. The van der Waals surface area contributed by atoms with Gasteiger partial charge in [0, 0.05) is 28.8 Å². The molecule has 1 unspecified atom stereocenters. The van der Waals surface area contributed by atoms with E-state index in [9.17, 15) is 4.79 Å². The third-order valence-corrected chi connectivity index (χ3v) is 2.79. The first-order chi connectivity index (χ1) is 10.3. The zero-order chi connectivity index (χ0) is 16.0. The van der Waals surface area contributed by atoms with E-state index < -0.39 is 25.0 Å². The third-order valence-electron chi connectivity index (χ3n) is 2.79. The average molecular weight is 252 g/mol. The van der Waals surface area contributed by atoms with E-state index in [4.69, 9.17) is 15.0 Å². The van der Waals surface area contributed by atoms with Gasteiger partial charge in [0.1, 0.15) is 6.61 Å². The quantitative estimate of drug-likeness (QED) is 0.779. The average Bonchev–Trinajstić information content (AvgIpc) is 2.49. The number of amides is 1. The van der Waals surface area contributed by atoms with E-state index in [0.29, 0.717) is 11.5 Å². The van der Waals surface area contributed by atoms with Gasteiger partial charge in [0.05, 0.1) is 2.74 Å². The molecule has 0 radical (unpaired) electrons. The van der Waals surface area contributed by atoms with Gasteiger partial charge in [-0.3, -0.25) is 4.79 Å². The predicted molar refractivity (Wildman–Crippen MR) is 65.8 cm³/mol. The maximum absolute atomic E-state index is 12.6. The molecule has 0 saturated carbocycles. The Balaban J connectivity index is 1.80. The second-order valence-corrected chi connectivity index (χ2v) is 4.02. The van der Waals surface area contributed by atoms with E-state index in [1.165, 1.54) is 0 Å². The molecule has 96 valence electrons. The molecule has 2 heterocycles. The summed E-state index contributed by atoms with van der Waals surface area (Å²) in [7, 11) is 0. The monoisotopic (exact) mass is 252 g/mol. The third kappa shape index (κ3) is 2.13. The highest BCUT2D eigenvalue weighted by Crippen LogP contribution is 2.31. The zero-order valence-electron chi connectivity index (χ0n) is 13.7. The van der Waals surface area contributed by atoms with Gasteiger partial charge in [-0.1, -0.05) is 12.1 Å². The van der Waals surface area contributed by atoms with Gasteiger partial charge in [0.25, 0.3) is 5.91 Å². The molecule has 5 heteroatoms. The SMILES string of the molecule is [2H]C1([2H])NCCN(C(=O)C2COc3ccccc3O2)C1([2H])[2H]. The van der Waals surface area contributed by atoms with Crippen LogP contribution >= 0.6 is 0 Å². The van der Waals surface area contributed by atoms with Crippen LogP contribution < -0.4 is 14.8 Å². The number of ether oxygens (including phenoxy) is 2. The lowest BCUT2D eigenvalue weighted by atomic mass is 10.2. The minimum Gasteiger partial charge on any atom is -0.485 e. The second kappa shape index (κ2) is 4.86. The molecule has 1 amide bonds. The van der Waals surface area contributed by atoms with Crippen LogP contribution in [0.1, 0.15) is 5.48 Å². The predicted octanol–water partition coefficient (Wildman–Crippen LogP) is 0.258. The van der Waals surface area contributed by atoms with Crippen LogP contribution in [0.25, 0.3) is 0 Å². The number of carbonyl (C=O) groups excluding carboxylic acids is 1. The fourth-order valence-corrected chi connectivity index (χ4v) is 1.87. The van der Waals surface area contributed by atoms with Crippen molar-refractivity contribution in [1.82, 2.24) is 10.2 Å². The first-order valence-electron chi connectivity index (χ1n) is 7.78. The van der Waals surface area contributed by atoms with Crippen molar-refractivity contribution >= 4 is 5.91 Å². The zero-order valence-corrected chi connectivity index (χ0v) is 9.68. The molecule has 1 atom stereocenters. The Morgan fingerprint density at radius 2 is 2.28 bits per heavy atom. The standard InChI is InChI=1S/C13H16N2O3/c16-13(15-7-5-14-6-8-15)12-9-17-10-3-1-2-4-11(10)18-12/h1-4,12,14H,5-9H2/i5D2,7D2. The molecule has 1 fully saturated rings. The van der Waals surface area contributed by atoms with Crippen molar-refractivity contribution in [2.75, 3.05) is 32.7 Å². The molecule has 1 aromatic rings. The Bertz CT molecular complexity index is 596. The van der Waals surface area contributed by atoms with Crippen molar-refractivity contribution in [2.24, 2.45) is 0 Å². The summed E-state index contributed by atoms with van der Waals surface area (Å²) in [6.07, 6.45) is -0.987. The maximum Gasteiger partial charge on any atom is 0.267 e. The van der Waals surface area contributed by atoms with Crippen molar-refractivity contribution in [3.05, 3.63) is 24.3 Å². The molecular weight excluding hydrogens is 232 g/mol. The number of piperazine rings is 1. The van der Waals surface area contributed by atoms with E-state index in [1.54, 1.807) is 24.3 Å². The van der Waals surface area contributed by atoms with Crippen molar-refractivity contribution in [3.63, 3.8) is 0 Å². The minimum absolute atomic E-state index is 0.0289. The number of nitrogens with one attached hydrogen (secondary N) is 1. The van der Waals surface area contributed by atoms with E-state index >= 15 is 0 Å². The number of rotatable bonds is 1. The van der Waals surface area contributed by atoms with Gasteiger partial charge < -0.3 is 19.7 Å². The molecule has 3 rings (SSSR count). The van der Waals surface area contributed by atoms with Crippen molar-refractivity contribution < 1.29 is 19.8 Å². The second-order valence-electron chi connectivity index (χ2n) is 4.02. The van der Waals surface area contributed by atoms with Gasteiger partial charge >= 0.3 is 0 Å². The Hall–Kier alpha value is -1.75. The number of nitrogens with zero attached hydrogens (tertiary/aromatic N) is 1. The molecule has 5 nitrogen and oxygen atoms in total. The molecule has 0 spiro atoms. The van der Waals surface area contributed by atoms with Gasteiger partial charge in [-0.2, -0.15) is 0 Å². The summed E-state index contributed by atoms with van der Waals surface area (Å²) in [6, 6.07) is 6.92. The summed E-state index contributed by atoms with van der Waals surface area (Å²) in [5.41, 5.74) is 0. The molecule has 1 aromatic carbocycles. The fraction of sp³-hybridized carbons (Fsp3) is 0.462. The number of para-hydroxylation sites is 2. The number of benzene rings is 1.